The van der Waals surface area contributed by atoms with Gasteiger partial charge in [-0.05, 0) is 18.6 Å². The van der Waals surface area contributed by atoms with Gasteiger partial charge in [0, 0.05) is 6.54 Å². The molecule has 3 N–H and O–H groups in total. The van der Waals surface area contributed by atoms with Crippen LogP contribution in [0.3, 0.4) is 0 Å². The second-order valence-electron chi connectivity index (χ2n) is 3.57. The summed E-state index contributed by atoms with van der Waals surface area (Å²) < 4.78 is 0. The van der Waals surface area contributed by atoms with E-state index in [2.05, 4.69) is 12.2 Å². The zero-order valence-corrected chi connectivity index (χ0v) is 8.92. The van der Waals surface area contributed by atoms with Crippen LogP contribution in [0.2, 0.25) is 0 Å². The third kappa shape index (κ3) is 3.69. The van der Waals surface area contributed by atoms with Gasteiger partial charge in [-0.2, -0.15) is 0 Å². The molecule has 2 heteroatoms. The molecule has 0 heterocycles. The van der Waals surface area contributed by atoms with Gasteiger partial charge in [0.25, 0.3) is 0 Å². The third-order valence-electron chi connectivity index (χ3n) is 2.31. The van der Waals surface area contributed by atoms with Crippen LogP contribution in [0.5, 0.6) is 0 Å². The number of unbranched alkanes of at least 4 members (excludes halogenated alkanes) is 3. The summed E-state index contributed by atoms with van der Waals surface area (Å²) in [5.41, 5.74) is 7.69. The van der Waals surface area contributed by atoms with Crippen LogP contribution in [-0.4, -0.2) is 6.54 Å². The molecule has 0 amide bonds. The van der Waals surface area contributed by atoms with E-state index >= 15 is 0 Å². The Bertz CT molecular complexity index is 258. The number of anilines is 2. The lowest BCUT2D eigenvalue weighted by molar-refractivity contribution is 0.685. The Kier molecular flexibility index (Phi) is 4.90. The SMILES string of the molecule is CCCCCCNc1ccccc1N. The summed E-state index contributed by atoms with van der Waals surface area (Å²) in [6, 6.07) is 7.91. The van der Waals surface area contributed by atoms with Gasteiger partial charge in [0.15, 0.2) is 0 Å². The molecule has 1 aromatic carbocycles. The van der Waals surface area contributed by atoms with Gasteiger partial charge in [-0.3, -0.25) is 0 Å². The van der Waals surface area contributed by atoms with Crippen molar-refractivity contribution in [3.8, 4) is 0 Å². The monoisotopic (exact) mass is 192 g/mol. The first-order valence-electron chi connectivity index (χ1n) is 5.43. The van der Waals surface area contributed by atoms with E-state index in [1.807, 2.05) is 24.3 Å². The van der Waals surface area contributed by atoms with E-state index in [4.69, 9.17) is 5.73 Å². The van der Waals surface area contributed by atoms with Crippen molar-refractivity contribution >= 4 is 11.4 Å². The molecule has 2 nitrogen and oxygen atoms in total. The summed E-state index contributed by atoms with van der Waals surface area (Å²) in [5, 5.41) is 3.35. The second kappa shape index (κ2) is 6.30. The summed E-state index contributed by atoms with van der Waals surface area (Å²) in [6.45, 7) is 3.25. The molecule has 0 aromatic heterocycles. The van der Waals surface area contributed by atoms with Gasteiger partial charge in [0.1, 0.15) is 0 Å². The van der Waals surface area contributed by atoms with Crippen LogP contribution in [0, 0.1) is 0 Å². The van der Waals surface area contributed by atoms with Crippen molar-refractivity contribution in [2.45, 2.75) is 32.6 Å². The number of nitrogen functional groups attached to an aromatic ring is 1. The molecule has 0 radical (unpaired) electrons. The van der Waals surface area contributed by atoms with Crippen LogP contribution in [0.15, 0.2) is 24.3 Å². The molecule has 14 heavy (non-hydrogen) atoms. The van der Waals surface area contributed by atoms with E-state index in [0.717, 1.165) is 17.9 Å². The van der Waals surface area contributed by atoms with E-state index < -0.39 is 0 Å². The number of rotatable bonds is 6. The highest BCUT2D eigenvalue weighted by Gasteiger charge is 1.95. The summed E-state index contributed by atoms with van der Waals surface area (Å²) in [4.78, 5) is 0. The van der Waals surface area contributed by atoms with Crippen LogP contribution in [-0.2, 0) is 0 Å². The number of benzene rings is 1. The molecular formula is C12H20N2. The molecule has 0 atom stereocenters. The minimum Gasteiger partial charge on any atom is -0.397 e. The van der Waals surface area contributed by atoms with Gasteiger partial charge in [0.2, 0.25) is 0 Å². The van der Waals surface area contributed by atoms with Crippen molar-refractivity contribution in [3.05, 3.63) is 24.3 Å². The van der Waals surface area contributed by atoms with Gasteiger partial charge in [-0.25, -0.2) is 0 Å². The fraction of sp³-hybridized carbons (Fsp3) is 0.500. The molecule has 0 spiro atoms. The zero-order valence-electron chi connectivity index (χ0n) is 8.92. The fourth-order valence-electron chi connectivity index (χ4n) is 1.43. The van der Waals surface area contributed by atoms with Crippen molar-refractivity contribution in [2.24, 2.45) is 0 Å². The molecule has 78 valence electrons. The molecule has 1 aromatic rings. The standard InChI is InChI=1S/C12H20N2/c1-2-3-4-7-10-14-12-9-6-5-8-11(12)13/h5-6,8-9,14H,2-4,7,10,13H2,1H3. The average Bonchev–Trinajstić information content (AvgIpc) is 2.20. The highest BCUT2D eigenvalue weighted by atomic mass is 14.9. The maximum Gasteiger partial charge on any atom is 0.0573 e. The van der Waals surface area contributed by atoms with Gasteiger partial charge >= 0.3 is 0 Å². The first-order valence-corrected chi connectivity index (χ1v) is 5.43. The summed E-state index contributed by atoms with van der Waals surface area (Å²) >= 11 is 0. The average molecular weight is 192 g/mol. The number of hydrogen-bond acceptors (Lipinski definition) is 2. The Labute approximate surface area is 86.5 Å². The molecule has 0 fully saturated rings. The molecule has 0 saturated carbocycles. The van der Waals surface area contributed by atoms with E-state index in [0.29, 0.717) is 0 Å². The molecule has 0 unspecified atom stereocenters. The first-order chi connectivity index (χ1) is 6.84. The summed E-state index contributed by atoms with van der Waals surface area (Å²) in [5.74, 6) is 0. The van der Waals surface area contributed by atoms with Gasteiger partial charge in [-0.15, -0.1) is 0 Å². The molecule has 0 aliphatic heterocycles. The lowest BCUT2D eigenvalue weighted by atomic mass is 10.2. The van der Waals surface area contributed by atoms with Gasteiger partial charge in [0.05, 0.1) is 11.4 Å². The van der Waals surface area contributed by atoms with Crippen LogP contribution < -0.4 is 11.1 Å². The van der Waals surface area contributed by atoms with Crippen molar-refractivity contribution in [3.63, 3.8) is 0 Å². The molecule has 0 aliphatic carbocycles. The molecule has 0 saturated heterocycles. The fourth-order valence-corrected chi connectivity index (χ4v) is 1.43. The Morgan fingerprint density at radius 2 is 1.93 bits per heavy atom. The zero-order chi connectivity index (χ0) is 10.2. The summed E-state index contributed by atoms with van der Waals surface area (Å²) in [6.07, 6.45) is 5.14. The van der Waals surface area contributed by atoms with E-state index in [1.54, 1.807) is 0 Å². The Morgan fingerprint density at radius 3 is 2.64 bits per heavy atom. The maximum absolute atomic E-state index is 5.80. The minimum absolute atomic E-state index is 0.836. The number of nitrogens with one attached hydrogen (secondary N) is 1. The maximum atomic E-state index is 5.80. The Balaban J connectivity index is 2.21. The predicted octanol–water partition coefficient (Wildman–Crippen LogP) is 3.26. The minimum atomic E-state index is 0.836. The highest BCUT2D eigenvalue weighted by Crippen LogP contribution is 2.16. The number of para-hydroxylation sites is 2. The largest absolute Gasteiger partial charge is 0.397 e. The predicted molar refractivity (Wildman–Crippen MR) is 63.5 cm³/mol. The van der Waals surface area contributed by atoms with Crippen LogP contribution in [0.1, 0.15) is 32.6 Å². The van der Waals surface area contributed by atoms with Crippen molar-refractivity contribution < 1.29 is 0 Å². The molecule has 0 aliphatic rings. The Hall–Kier alpha value is -1.18. The lowest BCUT2D eigenvalue weighted by Crippen LogP contribution is -2.03. The van der Waals surface area contributed by atoms with E-state index in [-0.39, 0.29) is 0 Å². The highest BCUT2D eigenvalue weighted by molar-refractivity contribution is 5.65. The van der Waals surface area contributed by atoms with Crippen LogP contribution >= 0.6 is 0 Å². The van der Waals surface area contributed by atoms with Gasteiger partial charge < -0.3 is 11.1 Å². The Morgan fingerprint density at radius 1 is 1.14 bits per heavy atom. The number of hydrogen-bond donors (Lipinski definition) is 2. The van der Waals surface area contributed by atoms with Crippen molar-refractivity contribution in [1.82, 2.24) is 0 Å². The lowest BCUT2D eigenvalue weighted by Gasteiger charge is -2.08. The van der Waals surface area contributed by atoms with Crippen LogP contribution in [0.25, 0.3) is 0 Å². The van der Waals surface area contributed by atoms with Gasteiger partial charge in [-0.1, -0.05) is 38.3 Å². The summed E-state index contributed by atoms with van der Waals surface area (Å²) in [7, 11) is 0. The topological polar surface area (TPSA) is 38.0 Å². The van der Waals surface area contributed by atoms with Crippen molar-refractivity contribution in [1.29, 1.82) is 0 Å². The molecular weight excluding hydrogens is 172 g/mol. The second-order valence-corrected chi connectivity index (χ2v) is 3.57. The smallest absolute Gasteiger partial charge is 0.0573 e. The first kappa shape index (κ1) is 10.9. The third-order valence-corrected chi connectivity index (χ3v) is 2.31. The molecule has 1 rings (SSSR count). The normalized spacial score (nSPS) is 10.1. The van der Waals surface area contributed by atoms with Crippen LogP contribution in [0.4, 0.5) is 11.4 Å². The van der Waals surface area contributed by atoms with E-state index in [9.17, 15) is 0 Å². The molecule has 0 bridgehead atoms. The quantitative estimate of drug-likeness (QED) is 0.536. The van der Waals surface area contributed by atoms with E-state index in [1.165, 1.54) is 25.7 Å². The van der Waals surface area contributed by atoms with Crippen molar-refractivity contribution in [2.75, 3.05) is 17.6 Å². The number of nitrogens with two attached hydrogens (primary N) is 1.